The highest BCUT2D eigenvalue weighted by atomic mass is 16.5. The van der Waals surface area contributed by atoms with Crippen LogP contribution >= 0.6 is 0 Å². The van der Waals surface area contributed by atoms with E-state index < -0.39 is 0 Å². The summed E-state index contributed by atoms with van der Waals surface area (Å²) < 4.78 is 17.0. The number of benzene rings is 1. The Bertz CT molecular complexity index is 645. The number of methoxy groups -OCH3 is 1. The zero-order chi connectivity index (χ0) is 15.6. The van der Waals surface area contributed by atoms with Crippen LogP contribution in [0, 0.1) is 6.92 Å². The quantitative estimate of drug-likeness (QED) is 0.848. The van der Waals surface area contributed by atoms with Crippen LogP contribution < -0.4 is 14.2 Å². The maximum absolute atomic E-state index is 6.07. The van der Waals surface area contributed by atoms with Crippen LogP contribution in [-0.4, -0.2) is 24.3 Å². The maximum atomic E-state index is 6.07. The van der Waals surface area contributed by atoms with E-state index in [9.17, 15) is 0 Å². The number of pyridine rings is 1. The highest BCUT2D eigenvalue weighted by molar-refractivity contribution is 5.89. The zero-order valence-corrected chi connectivity index (χ0v) is 13.6. The molecule has 0 aliphatic carbocycles. The first-order valence-electron chi connectivity index (χ1n) is 7.16. The predicted octanol–water partition coefficient (Wildman–Crippen LogP) is 4.13. The second-order valence-corrected chi connectivity index (χ2v) is 5.90. The van der Waals surface area contributed by atoms with Gasteiger partial charge in [0.05, 0.1) is 19.2 Å². The number of fused-ring (bicyclic) bond motifs is 1. The van der Waals surface area contributed by atoms with E-state index in [2.05, 4.69) is 4.98 Å². The van der Waals surface area contributed by atoms with Crippen molar-refractivity contribution in [1.29, 1.82) is 0 Å². The minimum atomic E-state index is -0.286. The van der Waals surface area contributed by atoms with Crippen molar-refractivity contribution in [3.63, 3.8) is 0 Å². The lowest BCUT2D eigenvalue weighted by molar-refractivity contribution is 0.132. The average molecular weight is 289 g/mol. The van der Waals surface area contributed by atoms with Crippen molar-refractivity contribution in [2.75, 3.05) is 13.7 Å². The summed E-state index contributed by atoms with van der Waals surface area (Å²) in [5, 5.41) is 0.965. The van der Waals surface area contributed by atoms with Crippen molar-refractivity contribution in [3.8, 4) is 17.4 Å². The summed E-state index contributed by atoms with van der Waals surface area (Å²) in [6, 6.07) is 5.77. The number of hydrogen-bond donors (Lipinski definition) is 0. The van der Waals surface area contributed by atoms with Crippen molar-refractivity contribution in [2.45, 2.75) is 40.2 Å². The number of hydrogen-bond acceptors (Lipinski definition) is 4. The number of aromatic nitrogens is 1. The molecule has 0 fully saturated rings. The molecule has 0 unspecified atom stereocenters. The minimum Gasteiger partial charge on any atom is -0.496 e. The normalized spacial score (nSPS) is 11.5. The summed E-state index contributed by atoms with van der Waals surface area (Å²) >= 11 is 0. The summed E-state index contributed by atoms with van der Waals surface area (Å²) in [6.45, 7) is 10.6. The molecule has 0 atom stereocenters. The molecule has 0 aliphatic heterocycles. The van der Waals surface area contributed by atoms with Crippen LogP contribution in [-0.2, 0) is 0 Å². The van der Waals surface area contributed by atoms with Gasteiger partial charge in [-0.25, -0.2) is 4.98 Å². The van der Waals surface area contributed by atoms with Crippen LogP contribution in [0.4, 0.5) is 0 Å². The first kappa shape index (κ1) is 15.4. The number of ether oxygens (including phenoxy) is 3. The van der Waals surface area contributed by atoms with Gasteiger partial charge in [-0.3, -0.25) is 0 Å². The van der Waals surface area contributed by atoms with Crippen molar-refractivity contribution in [3.05, 3.63) is 23.8 Å². The van der Waals surface area contributed by atoms with Gasteiger partial charge in [0.1, 0.15) is 17.1 Å². The molecular formula is C17H23NO3. The molecule has 0 N–H and O–H groups in total. The maximum Gasteiger partial charge on any atom is 0.217 e. The Morgan fingerprint density at radius 3 is 2.43 bits per heavy atom. The fourth-order valence-corrected chi connectivity index (χ4v) is 2.21. The van der Waals surface area contributed by atoms with E-state index in [0.717, 1.165) is 28.0 Å². The predicted molar refractivity (Wildman–Crippen MR) is 84.6 cm³/mol. The van der Waals surface area contributed by atoms with E-state index in [1.807, 2.05) is 52.8 Å². The molecule has 21 heavy (non-hydrogen) atoms. The van der Waals surface area contributed by atoms with Crippen molar-refractivity contribution in [2.24, 2.45) is 0 Å². The SMILES string of the molecule is CCOc1cc(OC(C)(C)C)c2ccc(OC)c(C)c2n1. The topological polar surface area (TPSA) is 40.6 Å². The van der Waals surface area contributed by atoms with E-state index in [4.69, 9.17) is 14.2 Å². The van der Waals surface area contributed by atoms with Crippen molar-refractivity contribution in [1.82, 2.24) is 4.98 Å². The smallest absolute Gasteiger partial charge is 0.217 e. The Kier molecular flexibility index (Phi) is 4.26. The molecule has 0 aliphatic rings. The molecule has 1 heterocycles. The molecule has 2 rings (SSSR count). The first-order valence-corrected chi connectivity index (χ1v) is 7.16. The van der Waals surface area contributed by atoms with Crippen LogP contribution in [0.3, 0.4) is 0 Å². The lowest BCUT2D eigenvalue weighted by atomic mass is 10.1. The number of rotatable bonds is 4. The fraction of sp³-hybridized carbons (Fsp3) is 0.471. The Balaban J connectivity index is 2.67. The summed E-state index contributed by atoms with van der Waals surface area (Å²) in [5.41, 5.74) is 1.54. The molecular weight excluding hydrogens is 266 g/mol. The van der Waals surface area contributed by atoms with E-state index in [1.165, 1.54) is 0 Å². The van der Waals surface area contributed by atoms with Gasteiger partial charge in [0, 0.05) is 17.0 Å². The molecule has 0 spiro atoms. The molecule has 0 bridgehead atoms. The molecule has 4 heteroatoms. The van der Waals surface area contributed by atoms with Crippen LogP contribution in [0.15, 0.2) is 18.2 Å². The van der Waals surface area contributed by atoms with Crippen molar-refractivity contribution >= 4 is 10.9 Å². The monoisotopic (exact) mass is 289 g/mol. The number of nitrogens with zero attached hydrogens (tertiary/aromatic N) is 1. The number of aryl methyl sites for hydroxylation is 1. The van der Waals surface area contributed by atoms with Crippen LogP contribution in [0.1, 0.15) is 33.3 Å². The fourth-order valence-electron chi connectivity index (χ4n) is 2.21. The Hall–Kier alpha value is -1.97. The Morgan fingerprint density at radius 1 is 1.14 bits per heavy atom. The van der Waals surface area contributed by atoms with E-state index in [1.54, 1.807) is 7.11 Å². The van der Waals surface area contributed by atoms with Gasteiger partial charge in [-0.15, -0.1) is 0 Å². The molecule has 0 saturated heterocycles. The highest BCUT2D eigenvalue weighted by Crippen LogP contribution is 2.35. The third-order valence-electron chi connectivity index (χ3n) is 3.05. The van der Waals surface area contributed by atoms with E-state index in [0.29, 0.717) is 12.5 Å². The summed E-state index contributed by atoms with van der Waals surface area (Å²) in [5.74, 6) is 2.16. The van der Waals surface area contributed by atoms with Gasteiger partial charge >= 0.3 is 0 Å². The third kappa shape index (κ3) is 3.38. The van der Waals surface area contributed by atoms with Crippen LogP contribution in [0.25, 0.3) is 10.9 Å². The molecule has 4 nitrogen and oxygen atoms in total. The van der Waals surface area contributed by atoms with Gasteiger partial charge in [-0.2, -0.15) is 0 Å². The van der Waals surface area contributed by atoms with Crippen molar-refractivity contribution < 1.29 is 14.2 Å². The van der Waals surface area contributed by atoms with E-state index >= 15 is 0 Å². The van der Waals surface area contributed by atoms with E-state index in [-0.39, 0.29) is 5.60 Å². The molecule has 0 radical (unpaired) electrons. The highest BCUT2D eigenvalue weighted by Gasteiger charge is 2.18. The summed E-state index contributed by atoms with van der Waals surface area (Å²) in [7, 11) is 1.66. The van der Waals surface area contributed by atoms with Gasteiger partial charge in [0.25, 0.3) is 0 Å². The molecule has 0 amide bonds. The standard InChI is InChI=1S/C17H23NO3/c1-7-20-15-10-14(21-17(3,4)5)12-8-9-13(19-6)11(2)16(12)18-15/h8-10H,7H2,1-6H3. The van der Waals surface area contributed by atoms with Gasteiger partial charge in [-0.1, -0.05) is 0 Å². The van der Waals surface area contributed by atoms with Gasteiger partial charge in [0.2, 0.25) is 5.88 Å². The van der Waals surface area contributed by atoms with Gasteiger partial charge in [0.15, 0.2) is 0 Å². The minimum absolute atomic E-state index is 0.286. The van der Waals surface area contributed by atoms with Crippen LogP contribution in [0.5, 0.6) is 17.4 Å². The molecule has 1 aromatic heterocycles. The molecule has 2 aromatic rings. The molecule has 114 valence electrons. The van der Waals surface area contributed by atoms with Gasteiger partial charge in [-0.05, 0) is 46.8 Å². The summed E-state index contributed by atoms with van der Waals surface area (Å²) in [4.78, 5) is 4.58. The Morgan fingerprint density at radius 2 is 1.86 bits per heavy atom. The lowest BCUT2D eigenvalue weighted by Crippen LogP contribution is -2.23. The van der Waals surface area contributed by atoms with Crippen LogP contribution in [0.2, 0.25) is 0 Å². The second kappa shape index (κ2) is 5.80. The van der Waals surface area contributed by atoms with Gasteiger partial charge < -0.3 is 14.2 Å². The molecule has 0 saturated carbocycles. The summed E-state index contributed by atoms with van der Waals surface area (Å²) in [6.07, 6.45) is 0. The lowest BCUT2D eigenvalue weighted by Gasteiger charge is -2.23. The average Bonchev–Trinajstić information content (AvgIpc) is 2.38. The molecule has 1 aromatic carbocycles. The Labute approximate surface area is 126 Å². The second-order valence-electron chi connectivity index (χ2n) is 5.90. The third-order valence-corrected chi connectivity index (χ3v) is 3.05. The first-order chi connectivity index (χ1) is 9.85. The largest absolute Gasteiger partial charge is 0.496 e. The zero-order valence-electron chi connectivity index (χ0n) is 13.6.